The Balaban J connectivity index is 2.11. The zero-order valence-electron chi connectivity index (χ0n) is 16.3. The summed E-state index contributed by atoms with van der Waals surface area (Å²) in [4.78, 5) is 42.2. The van der Waals surface area contributed by atoms with Crippen LogP contribution in [-0.2, 0) is 20.6 Å². The lowest BCUT2D eigenvalue weighted by Crippen LogP contribution is -2.38. The molecule has 0 spiro atoms. The Morgan fingerprint density at radius 1 is 1.03 bits per heavy atom. The summed E-state index contributed by atoms with van der Waals surface area (Å²) in [7, 11) is 4.38. The van der Waals surface area contributed by atoms with E-state index in [0.717, 1.165) is 14.5 Å². The minimum atomic E-state index is -0.631. The van der Waals surface area contributed by atoms with Gasteiger partial charge in [-0.05, 0) is 24.6 Å². The number of hydrogen-bond donors (Lipinski definition) is 1. The number of hydrogen-bond acceptors (Lipinski definition) is 6. The summed E-state index contributed by atoms with van der Waals surface area (Å²) in [6, 6.07) is 7.19. The molecule has 0 amide bonds. The molecule has 0 aliphatic rings. The standard InChI is InChI=1S/C19H19N5O5/c1-10-15(25)23(9-11-5-7-12(29-4)8-6-11)18-20-14-13(24(18)16(10)26)17(27)22(3)19(28)21(14)2/h5-8,25H,9H2,1-4H3. The molecule has 4 rings (SSSR count). The van der Waals surface area contributed by atoms with Crippen LogP contribution < -0.4 is 21.5 Å². The number of imidazole rings is 1. The predicted octanol–water partition coefficient (Wildman–Crippen LogP) is 0.118. The highest BCUT2D eigenvalue weighted by Gasteiger charge is 2.22. The highest BCUT2D eigenvalue weighted by Crippen LogP contribution is 2.21. The molecule has 10 heteroatoms. The van der Waals surface area contributed by atoms with Crippen molar-refractivity contribution in [2.24, 2.45) is 14.1 Å². The third kappa shape index (κ3) is 2.56. The van der Waals surface area contributed by atoms with Gasteiger partial charge < -0.3 is 9.84 Å². The molecule has 0 aliphatic carbocycles. The van der Waals surface area contributed by atoms with Crippen molar-refractivity contribution in [2.75, 3.05) is 7.11 Å². The highest BCUT2D eigenvalue weighted by molar-refractivity contribution is 5.75. The molecule has 3 heterocycles. The third-order valence-electron chi connectivity index (χ3n) is 5.10. The first-order valence-corrected chi connectivity index (χ1v) is 8.79. The molecule has 150 valence electrons. The Bertz CT molecular complexity index is 1450. The van der Waals surface area contributed by atoms with Gasteiger partial charge in [0.25, 0.3) is 11.1 Å². The fourth-order valence-electron chi connectivity index (χ4n) is 3.38. The SMILES string of the molecule is COc1ccc(Cn2c(O)c(C)c(=O)n3c4c(=O)n(C)c(=O)n(C)c4nc23)cc1. The zero-order valence-corrected chi connectivity index (χ0v) is 16.3. The second-order valence-electron chi connectivity index (χ2n) is 6.81. The van der Waals surface area contributed by atoms with Crippen molar-refractivity contribution < 1.29 is 9.84 Å². The lowest BCUT2D eigenvalue weighted by atomic mass is 10.2. The number of methoxy groups -OCH3 is 1. The van der Waals surface area contributed by atoms with Crippen molar-refractivity contribution in [1.29, 1.82) is 0 Å². The molecule has 0 bridgehead atoms. The number of aromatic nitrogens is 5. The van der Waals surface area contributed by atoms with E-state index in [2.05, 4.69) is 4.98 Å². The average molecular weight is 397 g/mol. The normalized spacial score (nSPS) is 11.4. The molecule has 4 aromatic rings. The van der Waals surface area contributed by atoms with Crippen LogP contribution in [0, 0.1) is 6.92 Å². The summed E-state index contributed by atoms with van der Waals surface area (Å²) in [5.74, 6) is 0.502. The van der Waals surface area contributed by atoms with Gasteiger partial charge in [0.1, 0.15) is 5.75 Å². The second kappa shape index (κ2) is 6.36. The lowest BCUT2D eigenvalue weighted by Gasteiger charge is -2.13. The maximum atomic E-state index is 12.9. The van der Waals surface area contributed by atoms with Crippen LogP contribution in [-0.4, -0.2) is 35.3 Å². The Kier molecular flexibility index (Phi) is 4.07. The molecule has 0 aliphatic heterocycles. The van der Waals surface area contributed by atoms with Crippen molar-refractivity contribution in [3.05, 3.63) is 66.6 Å². The number of aryl methyl sites for hydroxylation is 1. The Labute approximate surface area is 163 Å². The fraction of sp³-hybridized carbons (Fsp3) is 0.263. The maximum Gasteiger partial charge on any atom is 0.332 e. The molecular formula is C19H19N5O5. The van der Waals surface area contributed by atoms with Crippen LogP contribution in [0.15, 0.2) is 38.6 Å². The van der Waals surface area contributed by atoms with E-state index in [9.17, 15) is 19.5 Å². The quantitative estimate of drug-likeness (QED) is 0.525. The van der Waals surface area contributed by atoms with Crippen molar-refractivity contribution in [2.45, 2.75) is 13.5 Å². The third-order valence-corrected chi connectivity index (χ3v) is 5.10. The van der Waals surface area contributed by atoms with E-state index in [1.807, 2.05) is 12.1 Å². The summed E-state index contributed by atoms with van der Waals surface area (Å²) in [6.07, 6.45) is 0. The van der Waals surface area contributed by atoms with Gasteiger partial charge in [0.2, 0.25) is 11.7 Å². The van der Waals surface area contributed by atoms with E-state index in [1.54, 1.807) is 19.2 Å². The zero-order chi connectivity index (χ0) is 21.0. The van der Waals surface area contributed by atoms with Gasteiger partial charge in [-0.15, -0.1) is 0 Å². The molecule has 29 heavy (non-hydrogen) atoms. The van der Waals surface area contributed by atoms with Crippen molar-refractivity contribution in [3.8, 4) is 11.6 Å². The molecule has 0 radical (unpaired) electrons. The van der Waals surface area contributed by atoms with Crippen LogP contribution in [0.5, 0.6) is 11.6 Å². The molecule has 0 unspecified atom stereocenters. The first-order chi connectivity index (χ1) is 13.8. The molecule has 0 atom stereocenters. The van der Waals surface area contributed by atoms with E-state index in [4.69, 9.17) is 4.74 Å². The van der Waals surface area contributed by atoms with Crippen LogP contribution >= 0.6 is 0 Å². The Morgan fingerprint density at radius 2 is 1.69 bits per heavy atom. The van der Waals surface area contributed by atoms with Gasteiger partial charge in [0.05, 0.1) is 19.2 Å². The summed E-state index contributed by atoms with van der Waals surface area (Å²) in [5.41, 5.74) is -0.803. The van der Waals surface area contributed by atoms with Gasteiger partial charge in [-0.3, -0.25) is 23.3 Å². The smallest absolute Gasteiger partial charge is 0.332 e. The highest BCUT2D eigenvalue weighted by atomic mass is 16.5. The minimum absolute atomic E-state index is 0.0128. The number of fused-ring (bicyclic) bond motifs is 3. The first-order valence-electron chi connectivity index (χ1n) is 8.79. The van der Waals surface area contributed by atoms with Crippen molar-refractivity contribution in [1.82, 2.24) is 23.1 Å². The van der Waals surface area contributed by atoms with Crippen molar-refractivity contribution in [3.63, 3.8) is 0 Å². The first kappa shape index (κ1) is 18.5. The van der Waals surface area contributed by atoms with Crippen molar-refractivity contribution >= 4 is 16.9 Å². The summed E-state index contributed by atoms with van der Waals surface area (Å²) in [5, 5.41) is 10.6. The van der Waals surface area contributed by atoms with E-state index >= 15 is 0 Å². The molecule has 0 saturated heterocycles. The van der Waals surface area contributed by atoms with E-state index in [0.29, 0.717) is 5.75 Å². The van der Waals surface area contributed by atoms with Crippen LogP contribution in [0.1, 0.15) is 11.1 Å². The van der Waals surface area contributed by atoms with Gasteiger partial charge in [0.15, 0.2) is 11.2 Å². The van der Waals surface area contributed by atoms with Crippen LogP contribution in [0.25, 0.3) is 16.9 Å². The topological polar surface area (TPSA) is 113 Å². The second-order valence-corrected chi connectivity index (χ2v) is 6.81. The molecule has 10 nitrogen and oxygen atoms in total. The molecule has 1 aromatic carbocycles. The van der Waals surface area contributed by atoms with Gasteiger partial charge in [0, 0.05) is 14.1 Å². The summed E-state index contributed by atoms with van der Waals surface area (Å²) in [6.45, 7) is 1.66. The number of ether oxygens (including phenoxy) is 1. The van der Waals surface area contributed by atoms with Gasteiger partial charge >= 0.3 is 5.69 Å². The maximum absolute atomic E-state index is 12.9. The predicted molar refractivity (Wildman–Crippen MR) is 106 cm³/mol. The summed E-state index contributed by atoms with van der Waals surface area (Å²) < 4.78 is 9.86. The molecule has 0 fully saturated rings. The number of rotatable bonds is 3. The van der Waals surface area contributed by atoms with Crippen LogP contribution in [0.2, 0.25) is 0 Å². The van der Waals surface area contributed by atoms with Gasteiger partial charge in [-0.1, -0.05) is 12.1 Å². The van der Waals surface area contributed by atoms with E-state index < -0.39 is 16.8 Å². The average Bonchev–Trinajstić information content (AvgIpc) is 3.13. The molecule has 0 saturated carbocycles. The van der Waals surface area contributed by atoms with Crippen LogP contribution in [0.4, 0.5) is 0 Å². The molecule has 1 N–H and O–H groups in total. The lowest BCUT2D eigenvalue weighted by molar-refractivity contribution is 0.412. The van der Waals surface area contributed by atoms with Crippen LogP contribution in [0.3, 0.4) is 0 Å². The van der Waals surface area contributed by atoms with E-state index in [1.165, 1.54) is 30.2 Å². The monoisotopic (exact) mass is 397 g/mol. The fourth-order valence-corrected chi connectivity index (χ4v) is 3.38. The minimum Gasteiger partial charge on any atom is -0.497 e. The van der Waals surface area contributed by atoms with E-state index in [-0.39, 0.29) is 34.9 Å². The number of nitrogens with zero attached hydrogens (tertiary/aromatic N) is 5. The number of aromatic hydroxyl groups is 1. The molecule has 3 aromatic heterocycles. The summed E-state index contributed by atoms with van der Waals surface area (Å²) >= 11 is 0. The van der Waals surface area contributed by atoms with Gasteiger partial charge in [-0.2, -0.15) is 4.98 Å². The molecular weight excluding hydrogens is 378 g/mol. The van der Waals surface area contributed by atoms with Gasteiger partial charge in [-0.25, -0.2) is 9.20 Å². The Morgan fingerprint density at radius 3 is 2.31 bits per heavy atom. The number of benzene rings is 1. The Hall–Kier alpha value is -3.82. The largest absolute Gasteiger partial charge is 0.497 e.